The van der Waals surface area contributed by atoms with Crippen molar-refractivity contribution in [3.05, 3.63) is 58.5 Å². The van der Waals surface area contributed by atoms with E-state index in [1.165, 1.54) is 0 Å². The number of rotatable bonds is 5. The molecule has 0 saturated heterocycles. The number of furan rings is 1. The number of halogens is 1. The molecule has 4 heteroatoms. The Hall–Kier alpha value is -1.10. The van der Waals surface area contributed by atoms with Crippen LogP contribution in [0.5, 0.6) is 0 Å². The third-order valence-corrected chi connectivity index (χ3v) is 2.49. The lowest BCUT2D eigenvalue weighted by atomic mass is 10.2. The molecule has 2 rings (SSSR count). The van der Waals surface area contributed by atoms with Crippen LogP contribution in [-0.4, -0.2) is 0 Å². The van der Waals surface area contributed by atoms with Crippen molar-refractivity contribution in [3.8, 4) is 0 Å². The maximum absolute atomic E-state index is 5.31. The number of hydroxylamine groups is 1. The minimum absolute atomic E-state index is 0.544. The second-order valence-corrected chi connectivity index (χ2v) is 4.08. The number of benzene rings is 1. The van der Waals surface area contributed by atoms with E-state index in [0.29, 0.717) is 13.2 Å². The van der Waals surface area contributed by atoms with E-state index in [0.717, 1.165) is 16.0 Å². The lowest BCUT2D eigenvalue weighted by Crippen LogP contribution is -2.13. The molecule has 84 valence electrons. The molecule has 0 aliphatic rings. The second kappa shape index (κ2) is 5.84. The molecule has 1 N–H and O–H groups in total. The van der Waals surface area contributed by atoms with Gasteiger partial charge in [0.05, 0.1) is 13.2 Å². The monoisotopic (exact) mass is 281 g/mol. The van der Waals surface area contributed by atoms with Crippen molar-refractivity contribution >= 4 is 15.9 Å². The van der Waals surface area contributed by atoms with Gasteiger partial charge in [-0.05, 0) is 33.6 Å². The zero-order valence-electron chi connectivity index (χ0n) is 8.65. The summed E-state index contributed by atoms with van der Waals surface area (Å²) in [7, 11) is 0. The van der Waals surface area contributed by atoms with Crippen LogP contribution in [0.4, 0.5) is 0 Å². The lowest BCUT2D eigenvalue weighted by Gasteiger charge is -2.03. The molecule has 0 bridgehead atoms. The van der Waals surface area contributed by atoms with Crippen LogP contribution in [-0.2, 0) is 18.0 Å². The van der Waals surface area contributed by atoms with Gasteiger partial charge >= 0.3 is 0 Å². The first-order chi connectivity index (χ1) is 7.84. The second-order valence-electron chi connectivity index (χ2n) is 3.30. The summed E-state index contributed by atoms with van der Waals surface area (Å²) in [5.74, 6) is 0.833. The summed E-state index contributed by atoms with van der Waals surface area (Å²) in [5.41, 5.74) is 3.98. The highest BCUT2D eigenvalue weighted by Crippen LogP contribution is 2.13. The van der Waals surface area contributed by atoms with Crippen molar-refractivity contribution in [2.75, 3.05) is 0 Å². The van der Waals surface area contributed by atoms with Crippen LogP contribution in [0, 0.1) is 0 Å². The van der Waals surface area contributed by atoms with E-state index in [2.05, 4.69) is 21.4 Å². The maximum Gasteiger partial charge on any atom is 0.169 e. The highest BCUT2D eigenvalue weighted by atomic mass is 79.9. The third-order valence-electron chi connectivity index (χ3n) is 2.06. The molecule has 0 spiro atoms. The summed E-state index contributed by atoms with van der Waals surface area (Å²) in [5, 5.41) is 0. The van der Waals surface area contributed by atoms with Crippen molar-refractivity contribution in [1.82, 2.24) is 5.48 Å². The predicted molar refractivity (Wildman–Crippen MR) is 64.5 cm³/mol. The summed E-state index contributed by atoms with van der Waals surface area (Å²) in [6.07, 6.45) is 0. The fraction of sp³-hybridized carbons (Fsp3) is 0.167. The Morgan fingerprint density at radius 2 is 1.94 bits per heavy atom. The van der Waals surface area contributed by atoms with Crippen molar-refractivity contribution in [3.63, 3.8) is 0 Å². The van der Waals surface area contributed by atoms with Gasteiger partial charge in [0.15, 0.2) is 4.67 Å². The van der Waals surface area contributed by atoms with Crippen LogP contribution >= 0.6 is 15.9 Å². The molecular formula is C12H12BrNO2. The normalized spacial score (nSPS) is 10.6. The van der Waals surface area contributed by atoms with Gasteiger partial charge in [-0.2, -0.15) is 5.48 Å². The minimum Gasteiger partial charge on any atom is -0.453 e. The molecule has 0 radical (unpaired) electrons. The smallest absolute Gasteiger partial charge is 0.169 e. The predicted octanol–water partition coefficient (Wildman–Crippen LogP) is 3.26. The average molecular weight is 282 g/mol. The van der Waals surface area contributed by atoms with Crippen molar-refractivity contribution in [1.29, 1.82) is 0 Å². The molecule has 3 nitrogen and oxygen atoms in total. The van der Waals surface area contributed by atoms with Crippen molar-refractivity contribution in [2.24, 2.45) is 0 Å². The topological polar surface area (TPSA) is 34.4 Å². The van der Waals surface area contributed by atoms with Crippen molar-refractivity contribution < 1.29 is 9.25 Å². The summed E-state index contributed by atoms with van der Waals surface area (Å²) < 4.78 is 6.04. The van der Waals surface area contributed by atoms with Gasteiger partial charge < -0.3 is 4.42 Å². The number of hydrogen-bond donors (Lipinski definition) is 1. The van der Waals surface area contributed by atoms with E-state index < -0.39 is 0 Å². The first kappa shape index (κ1) is 11.4. The average Bonchev–Trinajstić information content (AvgIpc) is 2.72. The Kier molecular flexibility index (Phi) is 4.16. The molecule has 2 aromatic rings. The molecule has 1 aromatic heterocycles. The molecule has 1 aromatic carbocycles. The summed E-state index contributed by atoms with van der Waals surface area (Å²) in [6.45, 7) is 1.10. The van der Waals surface area contributed by atoms with Crippen LogP contribution < -0.4 is 5.48 Å². The Morgan fingerprint density at radius 1 is 1.12 bits per heavy atom. The Bertz CT molecular complexity index is 428. The summed E-state index contributed by atoms with van der Waals surface area (Å²) in [4.78, 5) is 5.31. The van der Waals surface area contributed by atoms with Gasteiger partial charge in [-0.25, -0.2) is 0 Å². The molecule has 0 saturated carbocycles. The Morgan fingerprint density at radius 3 is 2.62 bits per heavy atom. The largest absolute Gasteiger partial charge is 0.453 e. The van der Waals surface area contributed by atoms with E-state index in [4.69, 9.17) is 9.25 Å². The van der Waals surface area contributed by atoms with Crippen LogP contribution in [0.3, 0.4) is 0 Å². The molecule has 0 amide bonds. The van der Waals surface area contributed by atoms with Gasteiger partial charge in [-0.3, -0.25) is 4.84 Å². The molecule has 0 unspecified atom stereocenters. The quantitative estimate of drug-likeness (QED) is 0.675. The summed E-state index contributed by atoms with van der Waals surface area (Å²) in [6, 6.07) is 13.7. The van der Waals surface area contributed by atoms with Gasteiger partial charge in [-0.1, -0.05) is 30.3 Å². The first-order valence-electron chi connectivity index (χ1n) is 4.97. The molecular weight excluding hydrogens is 270 g/mol. The van der Waals surface area contributed by atoms with Crippen molar-refractivity contribution in [2.45, 2.75) is 13.2 Å². The summed E-state index contributed by atoms with van der Waals surface area (Å²) >= 11 is 3.24. The van der Waals surface area contributed by atoms with Crippen LogP contribution in [0.1, 0.15) is 11.3 Å². The Labute approximate surface area is 102 Å². The zero-order valence-corrected chi connectivity index (χ0v) is 10.2. The van der Waals surface area contributed by atoms with Gasteiger partial charge in [0.25, 0.3) is 0 Å². The van der Waals surface area contributed by atoms with E-state index in [9.17, 15) is 0 Å². The Balaban J connectivity index is 1.69. The van der Waals surface area contributed by atoms with E-state index in [-0.39, 0.29) is 0 Å². The molecule has 16 heavy (non-hydrogen) atoms. The molecule has 0 aliphatic carbocycles. The minimum atomic E-state index is 0.544. The fourth-order valence-electron chi connectivity index (χ4n) is 1.28. The van der Waals surface area contributed by atoms with E-state index >= 15 is 0 Å². The highest BCUT2D eigenvalue weighted by Gasteiger charge is 1.98. The molecule has 1 heterocycles. The maximum atomic E-state index is 5.31. The molecule has 0 aliphatic heterocycles. The number of hydrogen-bond acceptors (Lipinski definition) is 3. The molecule has 0 fully saturated rings. The van der Waals surface area contributed by atoms with Gasteiger partial charge in [0.1, 0.15) is 5.76 Å². The fourth-order valence-corrected chi connectivity index (χ4v) is 1.62. The SMILES string of the molecule is Brc1ccc(CNOCc2ccccc2)o1. The van der Waals surface area contributed by atoms with Gasteiger partial charge in [0.2, 0.25) is 0 Å². The number of nitrogens with one attached hydrogen (secondary N) is 1. The zero-order chi connectivity index (χ0) is 11.2. The van der Waals surface area contributed by atoms with Crippen LogP contribution in [0.25, 0.3) is 0 Å². The van der Waals surface area contributed by atoms with Crippen LogP contribution in [0.15, 0.2) is 51.6 Å². The first-order valence-corrected chi connectivity index (χ1v) is 5.77. The highest BCUT2D eigenvalue weighted by molar-refractivity contribution is 9.10. The van der Waals surface area contributed by atoms with E-state index in [1.807, 2.05) is 42.5 Å². The lowest BCUT2D eigenvalue weighted by molar-refractivity contribution is 0.0200. The third kappa shape index (κ3) is 3.48. The van der Waals surface area contributed by atoms with Gasteiger partial charge in [-0.15, -0.1) is 0 Å². The standard InChI is InChI=1S/C12H12BrNO2/c13-12-7-6-11(16-12)8-14-15-9-10-4-2-1-3-5-10/h1-7,14H,8-9H2. The molecule has 0 atom stereocenters. The van der Waals surface area contributed by atoms with E-state index in [1.54, 1.807) is 0 Å². The van der Waals surface area contributed by atoms with Gasteiger partial charge in [0, 0.05) is 0 Å². The van der Waals surface area contributed by atoms with Crippen LogP contribution in [0.2, 0.25) is 0 Å².